The van der Waals surface area contributed by atoms with Crippen molar-refractivity contribution in [2.75, 3.05) is 34.6 Å². The van der Waals surface area contributed by atoms with Crippen LogP contribution in [0.4, 0.5) is 4.79 Å². The fraction of sp³-hybridized carbons (Fsp3) is 0.571. The van der Waals surface area contributed by atoms with Crippen molar-refractivity contribution in [2.45, 2.75) is 96.2 Å². The van der Waals surface area contributed by atoms with Gasteiger partial charge in [0, 0.05) is 48.0 Å². The summed E-state index contributed by atoms with van der Waals surface area (Å²) >= 11 is 0. The molecule has 1 aliphatic carbocycles. The first kappa shape index (κ1) is 35.8. The number of nitrogens with one attached hydrogen (secondary N) is 2. The van der Waals surface area contributed by atoms with Gasteiger partial charge in [-0.05, 0) is 72.6 Å². The monoisotopic (exact) mass is 679 g/mol. The van der Waals surface area contributed by atoms with Crippen LogP contribution in [0.5, 0.6) is 11.5 Å². The number of ether oxygens (including phenoxy) is 4. The number of aliphatic hydroxyl groups excluding tert-OH is 1. The van der Waals surface area contributed by atoms with Gasteiger partial charge in [-0.3, -0.25) is 24.2 Å². The minimum Gasteiger partial charge on any atom is -0.507 e. The van der Waals surface area contributed by atoms with Gasteiger partial charge in [0.05, 0.1) is 25.3 Å². The number of rotatable bonds is 8. The number of ketones is 2. The van der Waals surface area contributed by atoms with Crippen molar-refractivity contribution in [3.05, 3.63) is 45.2 Å². The summed E-state index contributed by atoms with van der Waals surface area (Å²) in [6, 6.07) is 0.496. The number of nitrogens with zero attached hydrogens (tertiary/aromatic N) is 3. The Morgan fingerprint density at radius 1 is 1.12 bits per heavy atom. The van der Waals surface area contributed by atoms with Crippen molar-refractivity contribution in [3.8, 4) is 17.6 Å². The smallest absolute Gasteiger partial charge is 0.408 e. The van der Waals surface area contributed by atoms with Crippen LogP contribution in [0.1, 0.15) is 63.8 Å². The van der Waals surface area contributed by atoms with Crippen molar-refractivity contribution < 1.29 is 43.2 Å². The Labute approximate surface area is 286 Å². The molecule has 4 aliphatic rings. The lowest BCUT2D eigenvalue weighted by molar-refractivity contribution is -0.134. The molecule has 2 bridgehead atoms. The zero-order valence-electron chi connectivity index (χ0n) is 29.4. The molecule has 1 unspecified atom stereocenters. The zero-order chi connectivity index (χ0) is 36.1. The summed E-state index contributed by atoms with van der Waals surface area (Å²) in [5.41, 5.74) is 2.20. The van der Waals surface area contributed by atoms with E-state index in [-0.39, 0.29) is 42.7 Å². The van der Waals surface area contributed by atoms with Crippen molar-refractivity contribution in [3.63, 3.8) is 0 Å². The summed E-state index contributed by atoms with van der Waals surface area (Å²) in [5.74, 6) is -1.42. The molecule has 3 heterocycles. The number of hydrogen-bond acceptors (Lipinski definition) is 12. The van der Waals surface area contributed by atoms with Crippen LogP contribution in [0.25, 0.3) is 0 Å². The lowest BCUT2D eigenvalue weighted by Crippen LogP contribution is -2.71. The molecule has 0 spiro atoms. The third kappa shape index (κ3) is 6.26. The lowest BCUT2D eigenvalue weighted by atomic mass is 9.70. The van der Waals surface area contributed by atoms with Crippen LogP contribution < -0.4 is 20.1 Å². The van der Waals surface area contributed by atoms with E-state index in [1.807, 2.05) is 24.9 Å². The maximum Gasteiger partial charge on any atom is 0.408 e. The molecule has 1 aromatic carbocycles. The zero-order valence-corrected chi connectivity index (χ0v) is 29.4. The number of nitriles is 1. The van der Waals surface area contributed by atoms with Gasteiger partial charge in [0.25, 0.3) is 0 Å². The summed E-state index contributed by atoms with van der Waals surface area (Å²) in [4.78, 5) is 56.6. The Hall–Kier alpha value is -4.45. The van der Waals surface area contributed by atoms with Crippen molar-refractivity contribution in [2.24, 2.45) is 0 Å². The Balaban J connectivity index is 1.61. The number of methoxy groups -OCH3 is 2. The van der Waals surface area contributed by atoms with E-state index < -0.39 is 59.4 Å². The quantitative estimate of drug-likeness (QED) is 0.208. The Bertz CT molecular complexity index is 1690. The first-order chi connectivity index (χ1) is 23.1. The normalized spacial score (nSPS) is 25.8. The van der Waals surface area contributed by atoms with E-state index in [2.05, 4.69) is 21.6 Å². The summed E-state index contributed by atoms with van der Waals surface area (Å²) in [6.45, 7) is 9.71. The Morgan fingerprint density at radius 2 is 1.82 bits per heavy atom. The number of piperazine rings is 1. The maximum absolute atomic E-state index is 13.7. The average Bonchev–Trinajstić information content (AvgIpc) is 3.03. The molecule has 1 saturated heterocycles. The molecule has 0 aromatic heterocycles. The largest absolute Gasteiger partial charge is 0.507 e. The Kier molecular flexibility index (Phi) is 9.84. The number of aryl methyl sites for hydroxylation is 1. The lowest BCUT2D eigenvalue weighted by Gasteiger charge is -2.60. The van der Waals surface area contributed by atoms with E-state index in [9.17, 15) is 29.5 Å². The van der Waals surface area contributed by atoms with Gasteiger partial charge < -0.3 is 34.7 Å². The fourth-order valence-electron chi connectivity index (χ4n) is 7.72. The molecule has 5 rings (SSSR count). The number of benzene rings is 1. The highest BCUT2D eigenvalue weighted by Gasteiger charge is 2.57. The van der Waals surface area contributed by atoms with Crippen molar-refractivity contribution in [1.82, 2.24) is 20.4 Å². The SMILES string of the molecule is COCOc1c(OC)c(C)cc2c1[C@H]1C3CC4=C(C(=O)C(=O)C(C)=C4O)[C@H](CNC(=O)[C@H](C)NC(=O)OC(C)(C)C)N3[C@@H](C#N)[C@H](C2)N1C. The highest BCUT2D eigenvalue weighted by Crippen LogP contribution is 2.54. The molecule has 14 heteroatoms. The van der Waals surface area contributed by atoms with Gasteiger partial charge in [0.1, 0.15) is 23.4 Å². The second-order valence-electron chi connectivity index (χ2n) is 14.0. The molecular formula is C35H45N5O9. The van der Waals surface area contributed by atoms with E-state index in [1.54, 1.807) is 27.9 Å². The standard InChI is InChI=1S/C35H45N5O9/c1-16-10-19-11-21-23(13-36)40-22(27(39(21)7)25(19)32(31(16)47-9)48-15-46-8)12-20-26(30(43)29(42)17(2)28(20)41)24(40)14-37-33(44)18(3)38-34(45)49-35(4,5)6/h10,18,21-24,27,41H,11-12,14-15H2,1-9H3,(H,37,44)(H,38,45)/t18-,21-,22?,23-,24-,27+/m0/s1. The van der Waals surface area contributed by atoms with Crippen LogP contribution in [0.2, 0.25) is 0 Å². The number of fused-ring (bicyclic) bond motifs is 6. The molecule has 0 radical (unpaired) electrons. The highest BCUT2D eigenvalue weighted by molar-refractivity contribution is 6.50. The van der Waals surface area contributed by atoms with Crippen LogP contribution in [-0.4, -0.2) is 109 Å². The third-order valence-corrected chi connectivity index (χ3v) is 9.78. The van der Waals surface area contributed by atoms with Crippen LogP contribution in [0, 0.1) is 18.3 Å². The van der Waals surface area contributed by atoms with E-state index in [1.165, 1.54) is 21.0 Å². The van der Waals surface area contributed by atoms with Gasteiger partial charge in [-0.2, -0.15) is 5.26 Å². The Morgan fingerprint density at radius 3 is 2.43 bits per heavy atom. The van der Waals surface area contributed by atoms with Crippen molar-refractivity contribution >= 4 is 23.6 Å². The number of likely N-dealkylation sites (N-methyl/N-ethyl adjacent to an activating group) is 1. The molecule has 49 heavy (non-hydrogen) atoms. The molecule has 3 N–H and O–H groups in total. The van der Waals surface area contributed by atoms with Gasteiger partial charge in [-0.15, -0.1) is 0 Å². The number of carbonyl (C=O) groups excluding carboxylic acids is 4. The molecule has 0 saturated carbocycles. The van der Waals surface area contributed by atoms with Crippen LogP contribution >= 0.6 is 0 Å². The summed E-state index contributed by atoms with van der Waals surface area (Å²) in [6.07, 6.45) is -0.168. The number of aliphatic hydroxyl groups is 1. The molecule has 1 aromatic rings. The maximum atomic E-state index is 13.7. The van der Waals surface area contributed by atoms with Gasteiger partial charge >= 0.3 is 6.09 Å². The van der Waals surface area contributed by atoms with Crippen LogP contribution in [0.3, 0.4) is 0 Å². The van der Waals surface area contributed by atoms with E-state index in [0.717, 1.165) is 16.7 Å². The minimum absolute atomic E-state index is 0.0415. The molecule has 2 amide bonds. The first-order valence-electron chi connectivity index (χ1n) is 16.3. The molecule has 264 valence electrons. The van der Waals surface area contributed by atoms with E-state index >= 15 is 0 Å². The second kappa shape index (κ2) is 13.5. The fourth-order valence-corrected chi connectivity index (χ4v) is 7.72. The van der Waals surface area contributed by atoms with E-state index in [0.29, 0.717) is 23.5 Å². The van der Waals surface area contributed by atoms with Gasteiger partial charge in [0.2, 0.25) is 17.5 Å². The average molecular weight is 680 g/mol. The first-order valence-corrected chi connectivity index (χ1v) is 16.3. The highest BCUT2D eigenvalue weighted by atomic mass is 16.7. The third-order valence-electron chi connectivity index (χ3n) is 9.78. The van der Waals surface area contributed by atoms with Crippen molar-refractivity contribution in [1.29, 1.82) is 5.26 Å². The topological polar surface area (TPSA) is 180 Å². The van der Waals surface area contributed by atoms with Gasteiger partial charge in [-0.1, -0.05) is 6.07 Å². The molecule has 3 aliphatic heterocycles. The number of allylic oxidation sites excluding steroid dienone is 2. The van der Waals surface area contributed by atoms with Gasteiger partial charge in [0.15, 0.2) is 18.3 Å². The number of amides is 2. The minimum atomic E-state index is -1.01. The molecular weight excluding hydrogens is 634 g/mol. The number of Topliss-reactive ketones (excluding diaryl/α,β-unsaturated/α-hetero) is 2. The summed E-state index contributed by atoms with van der Waals surface area (Å²) < 4.78 is 22.5. The summed E-state index contributed by atoms with van der Waals surface area (Å²) in [7, 11) is 5.02. The van der Waals surface area contributed by atoms with Crippen LogP contribution in [0.15, 0.2) is 28.5 Å². The number of carbonyl (C=O) groups is 4. The molecule has 1 fully saturated rings. The predicted octanol–water partition coefficient (Wildman–Crippen LogP) is 2.54. The van der Waals surface area contributed by atoms with Gasteiger partial charge in [-0.25, -0.2) is 4.79 Å². The predicted molar refractivity (Wildman–Crippen MR) is 176 cm³/mol. The molecule has 6 atom stereocenters. The summed E-state index contributed by atoms with van der Waals surface area (Å²) in [5, 5.41) is 27.4. The number of alkyl carbamates (subject to hydrolysis) is 1. The second-order valence-corrected chi connectivity index (χ2v) is 14.0. The van der Waals surface area contributed by atoms with E-state index in [4.69, 9.17) is 18.9 Å². The molecule has 14 nitrogen and oxygen atoms in total. The number of hydrogen-bond donors (Lipinski definition) is 3. The van der Waals surface area contributed by atoms with Crippen LogP contribution in [-0.2, 0) is 30.3 Å².